The van der Waals surface area contributed by atoms with E-state index in [1.165, 1.54) is 6.07 Å². The second-order valence-electron chi connectivity index (χ2n) is 3.01. The highest BCUT2D eigenvalue weighted by Gasteiger charge is 2.32. The number of nitrogens with zero attached hydrogens (tertiary/aromatic N) is 3. The normalized spacial score (nSPS) is 11.9. The molecule has 80 valence electrons. The number of benzene rings is 1. The highest BCUT2D eigenvalue weighted by atomic mass is 32.3. The Balaban J connectivity index is 3.46. The highest BCUT2D eigenvalue weighted by Crippen LogP contribution is 2.60. The maximum atomic E-state index is 10.6. The van der Waals surface area contributed by atoms with Crippen molar-refractivity contribution in [1.29, 1.82) is 0 Å². The van der Waals surface area contributed by atoms with Gasteiger partial charge in [-0.3, -0.25) is 0 Å². The van der Waals surface area contributed by atoms with Crippen LogP contribution < -0.4 is 0 Å². The lowest BCUT2D eigenvalue weighted by atomic mass is 10.2. The zero-order valence-electron chi connectivity index (χ0n) is 8.21. The quantitative estimate of drug-likeness (QED) is 0.737. The maximum absolute atomic E-state index is 10.6. The first-order chi connectivity index (χ1) is 7.09. The van der Waals surface area contributed by atoms with E-state index in [0.29, 0.717) is 5.56 Å². The van der Waals surface area contributed by atoms with E-state index < -0.39 is 10.6 Å². The standard InChI is InChI=1S/C8H9N3O3S/c1-6-3-4-7(2)8(5-6)15(9-12,10-13)11-14/h3-5H,1-2H3. The van der Waals surface area contributed by atoms with Gasteiger partial charge in [0.05, 0.1) is 4.90 Å². The zero-order valence-corrected chi connectivity index (χ0v) is 9.02. The van der Waals surface area contributed by atoms with Crippen molar-refractivity contribution < 1.29 is 0 Å². The molecule has 0 aliphatic heterocycles. The largest absolute Gasteiger partial charge is 0.197 e. The molecule has 0 amide bonds. The van der Waals surface area contributed by atoms with Crippen molar-refractivity contribution in [3.05, 3.63) is 44.0 Å². The van der Waals surface area contributed by atoms with Crippen LogP contribution in [0.3, 0.4) is 0 Å². The Hall–Kier alpha value is -1.63. The fourth-order valence-electron chi connectivity index (χ4n) is 1.16. The van der Waals surface area contributed by atoms with Gasteiger partial charge in [0.1, 0.15) is 0 Å². The SMILES string of the molecule is Cc1ccc(C)c(S(N=O)(N=O)N=O)c1. The minimum absolute atomic E-state index is 0.211. The van der Waals surface area contributed by atoms with Crippen molar-refractivity contribution in [1.82, 2.24) is 0 Å². The predicted octanol–water partition coefficient (Wildman–Crippen LogP) is 3.51. The summed E-state index contributed by atoms with van der Waals surface area (Å²) >= 11 is 0. The fraction of sp³-hybridized carbons (Fsp3) is 0.250. The number of hydrogen-bond acceptors (Lipinski definition) is 6. The minimum atomic E-state index is -3.33. The monoisotopic (exact) mass is 227 g/mol. The van der Waals surface area contributed by atoms with E-state index in [2.05, 4.69) is 13.7 Å². The van der Waals surface area contributed by atoms with Gasteiger partial charge in [-0.15, -0.1) is 14.7 Å². The van der Waals surface area contributed by atoms with Crippen LogP contribution in [0.5, 0.6) is 0 Å². The fourth-order valence-corrected chi connectivity index (χ4v) is 2.33. The second kappa shape index (κ2) is 4.26. The number of hydrogen-bond donors (Lipinski definition) is 0. The van der Waals surface area contributed by atoms with Crippen LogP contribution in [0.15, 0.2) is 36.8 Å². The van der Waals surface area contributed by atoms with E-state index in [0.717, 1.165) is 5.56 Å². The van der Waals surface area contributed by atoms with Crippen molar-refractivity contribution >= 4 is 10.6 Å². The molecule has 0 N–H and O–H groups in total. The molecule has 0 saturated heterocycles. The lowest BCUT2D eigenvalue weighted by molar-refractivity contribution is 1.23. The van der Waals surface area contributed by atoms with Crippen LogP contribution in [0, 0.1) is 28.6 Å². The van der Waals surface area contributed by atoms with Gasteiger partial charge >= 0.3 is 0 Å². The number of nitroso groups, excluding NO2 is 3. The van der Waals surface area contributed by atoms with E-state index >= 15 is 0 Å². The maximum Gasteiger partial charge on any atom is 0.197 e. The van der Waals surface area contributed by atoms with Gasteiger partial charge in [0.2, 0.25) is 0 Å². The van der Waals surface area contributed by atoms with Crippen LogP contribution in [-0.4, -0.2) is 0 Å². The Morgan fingerprint density at radius 1 is 1.00 bits per heavy atom. The first-order valence-corrected chi connectivity index (χ1v) is 5.54. The summed E-state index contributed by atoms with van der Waals surface area (Å²) in [6, 6.07) is 5.02. The van der Waals surface area contributed by atoms with Gasteiger partial charge < -0.3 is 0 Å². The summed E-state index contributed by atoms with van der Waals surface area (Å²) < 4.78 is 7.51. The molecule has 1 aromatic carbocycles. The molecule has 0 atom stereocenters. The Morgan fingerprint density at radius 2 is 1.53 bits per heavy atom. The van der Waals surface area contributed by atoms with Crippen molar-refractivity contribution in [3.63, 3.8) is 0 Å². The first kappa shape index (κ1) is 11.4. The minimum Gasteiger partial charge on any atom is -0.135 e. The summed E-state index contributed by atoms with van der Waals surface area (Å²) in [6.45, 7) is 3.44. The summed E-state index contributed by atoms with van der Waals surface area (Å²) in [4.78, 5) is 31.9. The highest BCUT2D eigenvalue weighted by molar-refractivity contribution is 8.30. The third-order valence-electron chi connectivity index (χ3n) is 1.95. The average Bonchev–Trinajstić information content (AvgIpc) is 2.26. The van der Waals surface area contributed by atoms with Gasteiger partial charge in [-0.05, 0) is 31.0 Å². The molecule has 0 radical (unpaired) electrons. The van der Waals surface area contributed by atoms with Crippen LogP contribution in [0.4, 0.5) is 0 Å². The number of rotatable bonds is 4. The van der Waals surface area contributed by atoms with Crippen molar-refractivity contribution in [2.24, 2.45) is 13.7 Å². The topological polar surface area (TPSA) is 88.3 Å². The molecule has 6 nitrogen and oxygen atoms in total. The summed E-state index contributed by atoms with van der Waals surface area (Å²) in [5, 5.41) is 0. The lowest BCUT2D eigenvalue weighted by Crippen LogP contribution is -1.93. The summed E-state index contributed by atoms with van der Waals surface area (Å²) in [6.07, 6.45) is 0. The molecule has 1 rings (SSSR count). The van der Waals surface area contributed by atoms with Crippen LogP contribution >= 0.6 is 10.6 Å². The summed E-state index contributed by atoms with van der Waals surface area (Å²) in [5.74, 6) is 0. The molecule has 7 heteroatoms. The summed E-state index contributed by atoms with van der Waals surface area (Å²) in [7, 11) is -3.33. The van der Waals surface area contributed by atoms with E-state index in [1.54, 1.807) is 26.0 Å². The Bertz CT molecular complexity index is 400. The average molecular weight is 227 g/mol. The third-order valence-corrected chi connectivity index (χ3v) is 3.60. The van der Waals surface area contributed by atoms with Gasteiger partial charge in [-0.25, -0.2) is 0 Å². The van der Waals surface area contributed by atoms with Gasteiger partial charge in [0.15, 0.2) is 10.6 Å². The van der Waals surface area contributed by atoms with E-state index in [1.807, 2.05) is 0 Å². The Morgan fingerprint density at radius 3 is 2.00 bits per heavy atom. The number of aryl methyl sites for hydroxylation is 2. The zero-order chi connectivity index (χ0) is 11.5. The van der Waals surface area contributed by atoms with Crippen LogP contribution in [0.1, 0.15) is 11.1 Å². The van der Waals surface area contributed by atoms with Gasteiger partial charge in [0, 0.05) is 13.7 Å². The Labute approximate surface area is 87.7 Å². The second-order valence-corrected chi connectivity index (χ2v) is 4.94. The molecule has 0 aliphatic rings. The van der Waals surface area contributed by atoms with Crippen LogP contribution in [0.25, 0.3) is 0 Å². The molecule has 0 aliphatic carbocycles. The molecule has 15 heavy (non-hydrogen) atoms. The van der Waals surface area contributed by atoms with E-state index in [9.17, 15) is 14.7 Å². The Kier molecular flexibility index (Phi) is 3.25. The molecule has 0 spiro atoms. The third kappa shape index (κ3) is 1.91. The first-order valence-electron chi connectivity index (χ1n) is 4.04. The molecular weight excluding hydrogens is 218 g/mol. The van der Waals surface area contributed by atoms with Crippen LogP contribution in [-0.2, 0) is 0 Å². The summed E-state index contributed by atoms with van der Waals surface area (Å²) in [5.41, 5.74) is 1.41. The van der Waals surface area contributed by atoms with Crippen molar-refractivity contribution in [2.45, 2.75) is 18.7 Å². The molecule has 1 aromatic rings. The van der Waals surface area contributed by atoms with Crippen molar-refractivity contribution in [3.8, 4) is 0 Å². The van der Waals surface area contributed by atoms with Crippen LogP contribution in [0.2, 0.25) is 0 Å². The predicted molar refractivity (Wildman–Crippen MR) is 59.2 cm³/mol. The van der Waals surface area contributed by atoms with E-state index in [-0.39, 0.29) is 4.90 Å². The molecule has 0 aromatic heterocycles. The smallest absolute Gasteiger partial charge is 0.135 e. The molecule has 0 fully saturated rings. The molecular formula is C8H9N3O3S. The molecule has 0 heterocycles. The van der Waals surface area contributed by atoms with Gasteiger partial charge in [-0.2, -0.15) is 0 Å². The molecule has 0 unspecified atom stereocenters. The van der Waals surface area contributed by atoms with Gasteiger partial charge in [0.25, 0.3) is 0 Å². The van der Waals surface area contributed by atoms with Crippen molar-refractivity contribution in [2.75, 3.05) is 0 Å². The molecule has 0 saturated carbocycles. The lowest BCUT2D eigenvalue weighted by Gasteiger charge is -2.16. The van der Waals surface area contributed by atoms with E-state index in [4.69, 9.17) is 0 Å². The molecule has 0 bridgehead atoms. The van der Waals surface area contributed by atoms with Gasteiger partial charge in [-0.1, -0.05) is 12.1 Å².